The Morgan fingerprint density at radius 1 is 1.29 bits per heavy atom. The van der Waals surface area contributed by atoms with Crippen molar-refractivity contribution in [3.05, 3.63) is 0 Å². The molecule has 2 unspecified atom stereocenters. The number of ether oxygens (including phenoxy) is 1. The minimum absolute atomic E-state index is 0.0167. The standard InChI is InChI=1S/C11H18F3NO2/c1-10(2,3)17-9(16)8-6-7(4-5-15-8)11(12,13)14/h7-8,15H,4-6H2,1-3H3. The van der Waals surface area contributed by atoms with Gasteiger partial charge in [-0.25, -0.2) is 0 Å². The minimum atomic E-state index is -4.23. The van der Waals surface area contributed by atoms with Crippen LogP contribution in [0.4, 0.5) is 13.2 Å². The summed E-state index contributed by atoms with van der Waals surface area (Å²) in [7, 11) is 0. The Kier molecular flexibility index (Phi) is 4.06. The van der Waals surface area contributed by atoms with Crippen LogP contribution in [0.25, 0.3) is 0 Å². The van der Waals surface area contributed by atoms with Crippen molar-refractivity contribution in [1.82, 2.24) is 5.32 Å². The van der Waals surface area contributed by atoms with Crippen molar-refractivity contribution in [3.8, 4) is 0 Å². The zero-order chi connectivity index (χ0) is 13.3. The van der Waals surface area contributed by atoms with Gasteiger partial charge in [0, 0.05) is 0 Å². The summed E-state index contributed by atoms with van der Waals surface area (Å²) in [4.78, 5) is 11.6. The Labute approximate surface area is 98.7 Å². The van der Waals surface area contributed by atoms with E-state index in [9.17, 15) is 18.0 Å². The molecule has 0 aromatic rings. The minimum Gasteiger partial charge on any atom is -0.459 e. The van der Waals surface area contributed by atoms with E-state index in [4.69, 9.17) is 4.74 Å². The van der Waals surface area contributed by atoms with Gasteiger partial charge >= 0.3 is 12.1 Å². The number of rotatable bonds is 1. The maximum atomic E-state index is 12.5. The van der Waals surface area contributed by atoms with Crippen molar-refractivity contribution in [2.24, 2.45) is 5.92 Å². The molecule has 3 nitrogen and oxygen atoms in total. The molecule has 0 radical (unpaired) electrons. The van der Waals surface area contributed by atoms with Crippen LogP contribution < -0.4 is 5.32 Å². The van der Waals surface area contributed by atoms with Gasteiger partial charge in [-0.1, -0.05) is 0 Å². The number of carbonyl (C=O) groups excluding carboxylic acids is 1. The summed E-state index contributed by atoms with van der Waals surface area (Å²) in [5, 5.41) is 2.77. The molecule has 0 bridgehead atoms. The molecule has 0 aromatic carbocycles. The summed E-state index contributed by atoms with van der Waals surface area (Å²) in [5.41, 5.74) is -0.677. The van der Waals surface area contributed by atoms with E-state index in [1.807, 2.05) is 0 Å². The molecule has 1 rings (SSSR count). The van der Waals surface area contributed by atoms with Crippen LogP contribution in [0.5, 0.6) is 0 Å². The molecule has 1 heterocycles. The molecule has 1 saturated heterocycles. The normalized spacial score (nSPS) is 26.7. The van der Waals surface area contributed by atoms with Crippen molar-refractivity contribution < 1.29 is 22.7 Å². The molecule has 17 heavy (non-hydrogen) atoms. The lowest BCUT2D eigenvalue weighted by atomic mass is 9.92. The third-order valence-corrected chi connectivity index (χ3v) is 2.56. The summed E-state index contributed by atoms with van der Waals surface area (Å²) in [5.74, 6) is -2.02. The first-order valence-corrected chi connectivity index (χ1v) is 5.62. The third kappa shape index (κ3) is 4.53. The van der Waals surface area contributed by atoms with Gasteiger partial charge in [0.15, 0.2) is 0 Å². The van der Waals surface area contributed by atoms with Gasteiger partial charge in [-0.15, -0.1) is 0 Å². The molecule has 0 amide bonds. The average Bonchev–Trinajstić information content (AvgIpc) is 2.14. The van der Waals surface area contributed by atoms with Crippen molar-refractivity contribution >= 4 is 5.97 Å². The molecule has 1 aliphatic heterocycles. The topological polar surface area (TPSA) is 38.3 Å². The first-order chi connectivity index (χ1) is 7.59. The fraction of sp³-hybridized carbons (Fsp3) is 0.909. The third-order valence-electron chi connectivity index (χ3n) is 2.56. The maximum absolute atomic E-state index is 12.5. The van der Waals surface area contributed by atoms with Crippen LogP contribution in [0, 0.1) is 5.92 Å². The largest absolute Gasteiger partial charge is 0.459 e. The van der Waals surface area contributed by atoms with Gasteiger partial charge in [0.1, 0.15) is 11.6 Å². The highest BCUT2D eigenvalue weighted by Gasteiger charge is 2.44. The van der Waals surface area contributed by atoms with Crippen molar-refractivity contribution in [1.29, 1.82) is 0 Å². The second-order valence-electron chi connectivity index (χ2n) is 5.30. The second-order valence-corrected chi connectivity index (χ2v) is 5.30. The fourth-order valence-corrected chi connectivity index (χ4v) is 1.77. The zero-order valence-electron chi connectivity index (χ0n) is 10.2. The highest BCUT2D eigenvalue weighted by atomic mass is 19.4. The highest BCUT2D eigenvalue weighted by Crippen LogP contribution is 2.34. The Morgan fingerprint density at radius 2 is 1.88 bits per heavy atom. The number of carbonyl (C=O) groups is 1. The van der Waals surface area contributed by atoms with Gasteiger partial charge in [-0.2, -0.15) is 13.2 Å². The lowest BCUT2D eigenvalue weighted by Crippen LogP contribution is -2.48. The van der Waals surface area contributed by atoms with Crippen LogP contribution in [0.1, 0.15) is 33.6 Å². The van der Waals surface area contributed by atoms with Crippen LogP contribution >= 0.6 is 0 Å². The molecular formula is C11H18F3NO2. The van der Waals surface area contributed by atoms with Crippen LogP contribution in [0.3, 0.4) is 0 Å². The fourth-order valence-electron chi connectivity index (χ4n) is 1.77. The summed E-state index contributed by atoms with van der Waals surface area (Å²) in [6, 6.07) is -0.852. The van der Waals surface area contributed by atoms with Gasteiger partial charge in [0.25, 0.3) is 0 Å². The van der Waals surface area contributed by atoms with Crippen LogP contribution in [-0.4, -0.2) is 30.3 Å². The summed E-state index contributed by atoms with van der Waals surface area (Å²) in [6.07, 6.45) is -4.45. The predicted molar refractivity (Wildman–Crippen MR) is 56.4 cm³/mol. The second kappa shape index (κ2) is 4.84. The molecule has 1 N–H and O–H groups in total. The van der Waals surface area contributed by atoms with E-state index in [0.717, 1.165) is 0 Å². The lowest BCUT2D eigenvalue weighted by Gasteiger charge is -2.32. The molecule has 1 fully saturated rings. The van der Waals surface area contributed by atoms with Gasteiger partial charge in [0.2, 0.25) is 0 Å². The van der Waals surface area contributed by atoms with E-state index in [1.54, 1.807) is 20.8 Å². The van der Waals surface area contributed by atoms with E-state index in [-0.39, 0.29) is 19.4 Å². The number of nitrogens with one attached hydrogen (secondary N) is 1. The number of hydrogen-bond acceptors (Lipinski definition) is 3. The number of hydrogen-bond donors (Lipinski definition) is 1. The van der Waals surface area contributed by atoms with Crippen molar-refractivity contribution in [3.63, 3.8) is 0 Å². The van der Waals surface area contributed by atoms with Crippen molar-refractivity contribution in [2.45, 2.75) is 51.4 Å². The molecule has 1 aliphatic rings. The van der Waals surface area contributed by atoms with E-state index >= 15 is 0 Å². The maximum Gasteiger partial charge on any atom is 0.391 e. The summed E-state index contributed by atoms with van der Waals surface area (Å²) < 4.78 is 42.7. The van der Waals surface area contributed by atoms with Gasteiger partial charge in [0.05, 0.1) is 5.92 Å². The average molecular weight is 253 g/mol. The Hall–Kier alpha value is -0.780. The van der Waals surface area contributed by atoms with E-state index in [1.165, 1.54) is 0 Å². The van der Waals surface area contributed by atoms with Crippen LogP contribution in [0.2, 0.25) is 0 Å². The van der Waals surface area contributed by atoms with Gasteiger partial charge in [-0.3, -0.25) is 4.79 Å². The van der Waals surface area contributed by atoms with E-state index < -0.39 is 29.7 Å². The lowest BCUT2D eigenvalue weighted by molar-refractivity contribution is -0.187. The molecule has 0 aliphatic carbocycles. The number of esters is 1. The molecule has 2 atom stereocenters. The molecule has 0 aromatic heterocycles. The molecule has 0 saturated carbocycles. The molecule has 0 spiro atoms. The quantitative estimate of drug-likeness (QED) is 0.728. The number of halogens is 3. The highest BCUT2D eigenvalue weighted by molar-refractivity contribution is 5.76. The predicted octanol–water partition coefficient (Wildman–Crippen LogP) is 2.26. The van der Waals surface area contributed by atoms with E-state index in [2.05, 4.69) is 5.32 Å². The van der Waals surface area contributed by atoms with Crippen molar-refractivity contribution in [2.75, 3.05) is 6.54 Å². The smallest absolute Gasteiger partial charge is 0.391 e. The monoisotopic (exact) mass is 253 g/mol. The SMILES string of the molecule is CC(C)(C)OC(=O)C1CC(C(F)(F)F)CCN1. The Balaban J connectivity index is 2.58. The van der Waals surface area contributed by atoms with Gasteiger partial charge in [-0.05, 0) is 40.2 Å². The zero-order valence-corrected chi connectivity index (χ0v) is 10.2. The van der Waals surface area contributed by atoms with Crippen LogP contribution in [0.15, 0.2) is 0 Å². The molecular weight excluding hydrogens is 235 g/mol. The summed E-state index contributed by atoms with van der Waals surface area (Å²) in [6.45, 7) is 5.26. The Bertz CT molecular complexity index is 283. The Morgan fingerprint density at radius 3 is 2.35 bits per heavy atom. The first-order valence-electron chi connectivity index (χ1n) is 5.62. The first kappa shape index (κ1) is 14.3. The van der Waals surface area contributed by atoms with Gasteiger partial charge < -0.3 is 10.1 Å². The molecule has 6 heteroatoms. The summed E-state index contributed by atoms with van der Waals surface area (Å²) >= 11 is 0. The molecule has 100 valence electrons. The van der Waals surface area contributed by atoms with E-state index in [0.29, 0.717) is 0 Å². The number of piperidine rings is 1. The number of alkyl halides is 3. The van der Waals surface area contributed by atoms with Crippen LogP contribution in [-0.2, 0) is 9.53 Å².